The fourth-order valence-corrected chi connectivity index (χ4v) is 5.39. The zero-order valence-corrected chi connectivity index (χ0v) is 26.3. The van der Waals surface area contributed by atoms with Crippen molar-refractivity contribution in [3.8, 4) is 0 Å². The van der Waals surface area contributed by atoms with E-state index in [1.807, 2.05) is 45.0 Å². The maximum atomic E-state index is 13.3. The van der Waals surface area contributed by atoms with Crippen molar-refractivity contribution in [3.63, 3.8) is 0 Å². The van der Waals surface area contributed by atoms with E-state index in [4.69, 9.17) is 9.47 Å². The predicted octanol–water partition coefficient (Wildman–Crippen LogP) is 6.05. The minimum atomic E-state index is -1.19. The molecule has 9 nitrogen and oxygen atoms in total. The molecule has 0 unspecified atom stereocenters. The van der Waals surface area contributed by atoms with Crippen LogP contribution in [0.15, 0.2) is 35.1 Å². The number of carbonyl (C=O) groups is 2. The topological polar surface area (TPSA) is 88.9 Å². The molecule has 3 rings (SSSR count). The molecule has 210 valence electrons. The Bertz CT molecular complexity index is 1100. The lowest BCUT2D eigenvalue weighted by Gasteiger charge is -2.38. The number of nitrogens with zero attached hydrogens (tertiary/aromatic N) is 4. The average molecular weight is 609 g/mol. The molecule has 1 N–H and O–H groups in total. The Morgan fingerprint density at radius 2 is 1.84 bits per heavy atom. The molecule has 0 bridgehead atoms. The van der Waals surface area contributed by atoms with Gasteiger partial charge in [0.05, 0.1) is 11.4 Å². The van der Waals surface area contributed by atoms with Crippen LogP contribution in [0.25, 0.3) is 0 Å². The lowest BCUT2D eigenvalue weighted by Crippen LogP contribution is -2.47. The summed E-state index contributed by atoms with van der Waals surface area (Å²) in [6, 6.07) is 8.95. The molecular formula is C27H42BrN5O4Si. The second kappa shape index (κ2) is 12.7. The van der Waals surface area contributed by atoms with Crippen molar-refractivity contribution >= 4 is 47.4 Å². The van der Waals surface area contributed by atoms with Gasteiger partial charge in [-0.3, -0.25) is 4.79 Å². The highest BCUT2D eigenvalue weighted by atomic mass is 79.9. The molecule has 11 heteroatoms. The Labute approximate surface area is 236 Å². The molecule has 1 aromatic carbocycles. The molecule has 0 aliphatic carbocycles. The van der Waals surface area contributed by atoms with E-state index in [2.05, 4.69) is 50.8 Å². The number of hydrogen-bond donors (Lipinski definition) is 1. The lowest BCUT2D eigenvalue weighted by molar-refractivity contribution is 0.0200. The second-order valence-electron chi connectivity index (χ2n) is 12.0. The number of nitrogens with one attached hydrogen (secondary N) is 1. The van der Waals surface area contributed by atoms with Gasteiger partial charge >= 0.3 is 6.09 Å². The van der Waals surface area contributed by atoms with Crippen molar-refractivity contribution in [3.05, 3.63) is 40.9 Å². The summed E-state index contributed by atoms with van der Waals surface area (Å²) >= 11 is 3.39. The summed E-state index contributed by atoms with van der Waals surface area (Å²) in [6.07, 6.45) is 3.09. The average Bonchev–Trinajstić information content (AvgIpc) is 3.20. The third kappa shape index (κ3) is 8.84. The van der Waals surface area contributed by atoms with Crippen LogP contribution >= 0.6 is 15.9 Å². The van der Waals surface area contributed by atoms with Crippen LogP contribution in [0, 0.1) is 0 Å². The van der Waals surface area contributed by atoms with E-state index in [9.17, 15) is 9.59 Å². The molecule has 0 saturated carbocycles. The molecule has 2 amide bonds. The summed E-state index contributed by atoms with van der Waals surface area (Å²) in [4.78, 5) is 34.1. The number of rotatable bonds is 9. The van der Waals surface area contributed by atoms with E-state index >= 15 is 0 Å². The van der Waals surface area contributed by atoms with Gasteiger partial charge in [0, 0.05) is 47.1 Å². The molecule has 38 heavy (non-hydrogen) atoms. The van der Waals surface area contributed by atoms with Crippen molar-refractivity contribution in [1.29, 1.82) is 0 Å². The van der Waals surface area contributed by atoms with E-state index in [-0.39, 0.29) is 30.6 Å². The van der Waals surface area contributed by atoms with Gasteiger partial charge in [0.2, 0.25) is 5.82 Å². The number of piperidine rings is 1. The van der Waals surface area contributed by atoms with Crippen LogP contribution in [-0.4, -0.2) is 72.9 Å². The van der Waals surface area contributed by atoms with Gasteiger partial charge in [-0.05, 0) is 67.7 Å². The normalized spacial score (nSPS) is 14.9. The highest BCUT2D eigenvalue weighted by Crippen LogP contribution is 2.30. The van der Waals surface area contributed by atoms with E-state index in [1.165, 1.54) is 0 Å². The van der Waals surface area contributed by atoms with Crippen LogP contribution in [0.3, 0.4) is 0 Å². The Kier molecular flexibility index (Phi) is 10.0. The first kappa shape index (κ1) is 30.2. The molecule has 2 heterocycles. The number of carbonyl (C=O) groups excluding carboxylic acids is 2. The van der Waals surface area contributed by atoms with Crippen molar-refractivity contribution in [1.82, 2.24) is 14.5 Å². The van der Waals surface area contributed by atoms with Gasteiger partial charge in [0.25, 0.3) is 5.91 Å². The van der Waals surface area contributed by atoms with Gasteiger partial charge in [-0.1, -0.05) is 31.8 Å². The van der Waals surface area contributed by atoms with Gasteiger partial charge in [-0.2, -0.15) is 0 Å². The molecule has 1 aliphatic rings. The maximum absolute atomic E-state index is 13.3. The number of halogens is 1. The predicted molar refractivity (Wildman–Crippen MR) is 158 cm³/mol. The smallest absolute Gasteiger partial charge is 0.410 e. The van der Waals surface area contributed by atoms with Gasteiger partial charge in [0.1, 0.15) is 16.9 Å². The van der Waals surface area contributed by atoms with Crippen LogP contribution in [0.5, 0.6) is 0 Å². The molecule has 2 aromatic rings. The maximum Gasteiger partial charge on any atom is 0.410 e. The number of ether oxygens (including phenoxy) is 2. The van der Waals surface area contributed by atoms with Crippen molar-refractivity contribution in [2.45, 2.75) is 77.7 Å². The highest BCUT2D eigenvalue weighted by molar-refractivity contribution is 9.10. The molecule has 0 radical (unpaired) electrons. The van der Waals surface area contributed by atoms with Gasteiger partial charge in [0.15, 0.2) is 0 Å². The molecule has 0 atom stereocenters. The Balaban J connectivity index is 1.63. The van der Waals surface area contributed by atoms with Crippen molar-refractivity contribution in [2.24, 2.45) is 0 Å². The van der Waals surface area contributed by atoms with Gasteiger partial charge in [-0.25, -0.2) is 9.78 Å². The third-order valence-electron chi connectivity index (χ3n) is 6.36. The Hall–Kier alpha value is -2.37. The fourth-order valence-electron chi connectivity index (χ4n) is 4.22. The summed E-state index contributed by atoms with van der Waals surface area (Å²) in [5.41, 5.74) is 1.15. The number of anilines is 2. The number of amides is 2. The lowest BCUT2D eigenvalue weighted by atomic mass is 10.0. The highest BCUT2D eigenvalue weighted by Gasteiger charge is 2.29. The van der Waals surface area contributed by atoms with Crippen LogP contribution in [0.4, 0.5) is 16.2 Å². The van der Waals surface area contributed by atoms with Crippen LogP contribution in [0.1, 0.15) is 44.2 Å². The minimum absolute atomic E-state index is 0.105. The minimum Gasteiger partial charge on any atom is -0.444 e. The molecular weight excluding hydrogens is 566 g/mol. The van der Waals surface area contributed by atoms with E-state index in [1.54, 1.807) is 22.7 Å². The van der Waals surface area contributed by atoms with E-state index < -0.39 is 13.7 Å². The van der Waals surface area contributed by atoms with E-state index in [0.29, 0.717) is 11.2 Å². The fraction of sp³-hybridized carbons (Fsp3) is 0.593. The quantitative estimate of drug-likeness (QED) is 0.276. The number of para-hydroxylation sites is 2. The van der Waals surface area contributed by atoms with Crippen molar-refractivity contribution in [2.75, 3.05) is 37.0 Å². The monoisotopic (exact) mass is 607 g/mol. The van der Waals surface area contributed by atoms with E-state index in [0.717, 1.165) is 43.4 Å². The van der Waals surface area contributed by atoms with Crippen LogP contribution < -0.4 is 10.2 Å². The number of aromatic nitrogens is 2. The van der Waals surface area contributed by atoms with Crippen LogP contribution in [0.2, 0.25) is 25.7 Å². The number of hydrogen-bond acceptors (Lipinski definition) is 6. The molecule has 1 saturated heterocycles. The largest absolute Gasteiger partial charge is 0.444 e. The standard InChI is InChI=1S/C27H42BrN5O4Si/c1-27(2,3)37-26(35)31(4)20-12-14-32(15-13-20)22-11-9-8-10-21(22)29-25(34)24-30-23(28)18-33(24)19-36-16-17-38(5,6)7/h8-11,18,20H,12-17,19H2,1-7H3,(H,29,34). The summed E-state index contributed by atoms with van der Waals surface area (Å²) < 4.78 is 13.7. The molecule has 1 aliphatic heterocycles. The molecule has 1 fully saturated rings. The van der Waals surface area contributed by atoms with Gasteiger partial charge < -0.3 is 29.2 Å². The summed E-state index contributed by atoms with van der Waals surface area (Å²) in [7, 11) is 0.609. The van der Waals surface area contributed by atoms with Crippen molar-refractivity contribution < 1.29 is 19.1 Å². The number of imidazole rings is 1. The summed E-state index contributed by atoms with van der Waals surface area (Å²) in [6.45, 7) is 15.0. The summed E-state index contributed by atoms with van der Waals surface area (Å²) in [5, 5.41) is 3.05. The first-order valence-electron chi connectivity index (χ1n) is 13.1. The molecule has 0 spiro atoms. The molecule has 1 aromatic heterocycles. The van der Waals surface area contributed by atoms with Gasteiger partial charge in [-0.15, -0.1) is 0 Å². The SMILES string of the molecule is CN(C(=O)OC(C)(C)C)C1CCN(c2ccccc2NC(=O)c2nc(Br)cn2COCC[Si](C)(C)C)CC1. The first-order chi connectivity index (χ1) is 17.7. The zero-order valence-electron chi connectivity index (χ0n) is 23.7. The zero-order chi connectivity index (χ0) is 28.1. The van der Waals surface area contributed by atoms with Crippen LogP contribution in [-0.2, 0) is 16.2 Å². The Morgan fingerprint density at radius 1 is 1.18 bits per heavy atom. The first-order valence-corrected chi connectivity index (χ1v) is 17.6. The number of benzene rings is 1. The second-order valence-corrected chi connectivity index (χ2v) is 18.4. The summed E-state index contributed by atoms with van der Waals surface area (Å²) in [5.74, 6) is -0.00568. The third-order valence-corrected chi connectivity index (χ3v) is 8.45. The Morgan fingerprint density at radius 3 is 2.47 bits per heavy atom.